The molecule has 1 saturated heterocycles. The molecule has 2 aliphatic heterocycles. The second-order valence-corrected chi connectivity index (χ2v) is 9.58. The van der Waals surface area contributed by atoms with Crippen molar-refractivity contribution in [3.8, 4) is 0 Å². The Kier molecular flexibility index (Phi) is 5.61. The van der Waals surface area contributed by atoms with Crippen LogP contribution in [0.25, 0.3) is 0 Å². The number of fused-ring (bicyclic) bond motifs is 1. The zero-order valence-corrected chi connectivity index (χ0v) is 17.5. The molecule has 0 radical (unpaired) electrons. The second-order valence-electron chi connectivity index (χ2n) is 7.64. The largest absolute Gasteiger partial charge is 0.360 e. The van der Waals surface area contributed by atoms with Crippen LogP contribution in [-0.2, 0) is 21.2 Å². The molecule has 0 saturated carbocycles. The van der Waals surface area contributed by atoms with Gasteiger partial charge in [0.15, 0.2) is 0 Å². The summed E-state index contributed by atoms with van der Waals surface area (Å²) in [5.74, 6) is 0.0680. The van der Waals surface area contributed by atoms with Crippen molar-refractivity contribution in [3.05, 3.63) is 60.2 Å². The Hall–Kier alpha value is -2.38. The molecule has 1 atom stereocenters. The van der Waals surface area contributed by atoms with Crippen molar-refractivity contribution in [2.24, 2.45) is 0 Å². The molecule has 0 aromatic heterocycles. The fourth-order valence-corrected chi connectivity index (χ4v) is 5.70. The van der Waals surface area contributed by atoms with E-state index in [2.05, 4.69) is 17.0 Å². The average Bonchev–Trinajstić information content (AvgIpc) is 2.78. The first-order valence-electron chi connectivity index (χ1n) is 10.2. The van der Waals surface area contributed by atoms with Crippen molar-refractivity contribution in [1.82, 2.24) is 9.21 Å². The fourth-order valence-electron chi connectivity index (χ4n) is 4.25. The van der Waals surface area contributed by atoms with Crippen molar-refractivity contribution in [2.45, 2.75) is 30.7 Å². The van der Waals surface area contributed by atoms with Gasteiger partial charge in [0, 0.05) is 38.4 Å². The monoisotopic (exact) mass is 413 g/mol. The molecule has 0 unspecified atom stereocenters. The first-order chi connectivity index (χ1) is 14.0. The third-order valence-electron chi connectivity index (χ3n) is 5.90. The van der Waals surface area contributed by atoms with Gasteiger partial charge < -0.3 is 9.80 Å². The van der Waals surface area contributed by atoms with Gasteiger partial charge in [0.1, 0.15) is 6.04 Å². The van der Waals surface area contributed by atoms with E-state index >= 15 is 0 Å². The Bertz CT molecular complexity index is 970. The first-order valence-corrected chi connectivity index (χ1v) is 11.6. The summed E-state index contributed by atoms with van der Waals surface area (Å²) in [6.07, 6.45) is 2.08. The normalized spacial score (nSPS) is 18.9. The van der Waals surface area contributed by atoms with Gasteiger partial charge in [-0.25, -0.2) is 8.42 Å². The third kappa shape index (κ3) is 3.89. The van der Waals surface area contributed by atoms with E-state index < -0.39 is 10.0 Å². The number of benzene rings is 2. The Balaban J connectivity index is 1.42. The maximum absolute atomic E-state index is 13.1. The van der Waals surface area contributed by atoms with Crippen LogP contribution >= 0.6 is 0 Å². The number of para-hydroxylation sites is 1. The van der Waals surface area contributed by atoms with E-state index in [9.17, 15) is 13.2 Å². The number of carbonyl (C=O) groups is 1. The summed E-state index contributed by atoms with van der Waals surface area (Å²) in [5.41, 5.74) is 2.43. The molecule has 1 fully saturated rings. The Labute approximate surface area is 172 Å². The van der Waals surface area contributed by atoms with Crippen LogP contribution in [-0.4, -0.2) is 62.3 Å². The molecule has 0 aliphatic carbocycles. The number of nitrogens with zero attached hydrogens (tertiary/aromatic N) is 3. The Morgan fingerprint density at radius 2 is 1.55 bits per heavy atom. The number of piperazine rings is 1. The number of hydrogen-bond donors (Lipinski definition) is 0. The highest BCUT2D eigenvalue weighted by Gasteiger charge is 2.34. The van der Waals surface area contributed by atoms with E-state index in [0.29, 0.717) is 31.1 Å². The van der Waals surface area contributed by atoms with Crippen molar-refractivity contribution >= 4 is 21.6 Å². The number of sulfonamides is 1. The van der Waals surface area contributed by atoms with Crippen molar-refractivity contribution in [1.29, 1.82) is 0 Å². The van der Waals surface area contributed by atoms with Gasteiger partial charge in [-0.1, -0.05) is 36.4 Å². The van der Waals surface area contributed by atoms with Crippen molar-refractivity contribution in [2.75, 3.05) is 37.6 Å². The van der Waals surface area contributed by atoms with Crippen molar-refractivity contribution < 1.29 is 13.2 Å². The van der Waals surface area contributed by atoms with Gasteiger partial charge in [-0.05, 0) is 43.5 Å². The minimum Gasteiger partial charge on any atom is -0.360 e. The summed E-state index contributed by atoms with van der Waals surface area (Å²) >= 11 is 0. The van der Waals surface area contributed by atoms with E-state index in [1.165, 1.54) is 9.87 Å². The molecule has 2 heterocycles. The van der Waals surface area contributed by atoms with Crippen LogP contribution in [0.1, 0.15) is 18.9 Å². The highest BCUT2D eigenvalue weighted by atomic mass is 32.2. The number of aryl methyl sites for hydroxylation is 1. The molecule has 6 nitrogen and oxygen atoms in total. The number of anilines is 1. The second kappa shape index (κ2) is 8.16. The lowest BCUT2D eigenvalue weighted by Gasteiger charge is -2.40. The predicted molar refractivity (Wildman–Crippen MR) is 113 cm³/mol. The smallest absolute Gasteiger partial charge is 0.245 e. The molecule has 4 rings (SSSR count). The predicted octanol–water partition coefficient (Wildman–Crippen LogP) is 2.36. The van der Waals surface area contributed by atoms with Crippen LogP contribution in [0.3, 0.4) is 0 Å². The number of rotatable bonds is 4. The van der Waals surface area contributed by atoms with Gasteiger partial charge >= 0.3 is 0 Å². The minimum atomic E-state index is -3.51. The summed E-state index contributed by atoms with van der Waals surface area (Å²) in [6, 6.07) is 16.5. The number of hydrogen-bond acceptors (Lipinski definition) is 4. The van der Waals surface area contributed by atoms with Gasteiger partial charge in [0.05, 0.1) is 4.90 Å². The van der Waals surface area contributed by atoms with Crippen LogP contribution in [0, 0.1) is 0 Å². The minimum absolute atomic E-state index is 0.0680. The highest BCUT2D eigenvalue weighted by molar-refractivity contribution is 7.89. The summed E-state index contributed by atoms with van der Waals surface area (Å²) < 4.78 is 27.1. The van der Waals surface area contributed by atoms with Crippen LogP contribution in [0.15, 0.2) is 59.5 Å². The van der Waals surface area contributed by atoms with E-state index in [1.54, 1.807) is 35.2 Å². The molecule has 0 spiro atoms. The molecular formula is C22H27N3O3S. The quantitative estimate of drug-likeness (QED) is 0.772. The van der Waals surface area contributed by atoms with E-state index in [1.807, 2.05) is 19.1 Å². The molecule has 29 heavy (non-hydrogen) atoms. The summed E-state index contributed by atoms with van der Waals surface area (Å²) in [6.45, 7) is 4.32. The van der Waals surface area contributed by atoms with Gasteiger partial charge in [-0.15, -0.1) is 0 Å². The topological polar surface area (TPSA) is 60.9 Å². The Morgan fingerprint density at radius 1 is 0.897 bits per heavy atom. The van der Waals surface area contributed by atoms with Crippen LogP contribution in [0.2, 0.25) is 0 Å². The van der Waals surface area contributed by atoms with Crippen molar-refractivity contribution in [3.63, 3.8) is 0 Å². The molecule has 1 amide bonds. The molecule has 2 aromatic rings. The maximum atomic E-state index is 13.1. The van der Waals surface area contributed by atoms with Crippen LogP contribution in [0.5, 0.6) is 0 Å². The first kappa shape index (κ1) is 19.9. The lowest BCUT2D eigenvalue weighted by Crippen LogP contribution is -2.55. The Morgan fingerprint density at radius 3 is 2.28 bits per heavy atom. The van der Waals surface area contributed by atoms with Crippen LogP contribution in [0.4, 0.5) is 5.69 Å². The van der Waals surface area contributed by atoms with Crippen LogP contribution < -0.4 is 4.90 Å². The lowest BCUT2D eigenvalue weighted by molar-refractivity contribution is -0.133. The summed E-state index contributed by atoms with van der Waals surface area (Å²) in [4.78, 5) is 17.4. The van der Waals surface area contributed by atoms with Gasteiger partial charge in [-0.3, -0.25) is 4.79 Å². The van der Waals surface area contributed by atoms with Gasteiger partial charge in [0.25, 0.3) is 0 Å². The molecule has 154 valence electrons. The molecule has 0 bridgehead atoms. The summed E-state index contributed by atoms with van der Waals surface area (Å²) in [7, 11) is -3.51. The molecule has 0 N–H and O–H groups in total. The van der Waals surface area contributed by atoms with Gasteiger partial charge in [0.2, 0.25) is 15.9 Å². The standard InChI is InChI=1S/C22H27N3O3S/c1-18(25-13-7-9-19-8-5-6-12-21(19)25)22(26)23-14-16-24(17-15-23)29(27,28)20-10-3-2-4-11-20/h2-6,8,10-12,18H,7,9,13-17H2,1H3/t18-/m1/s1. The summed E-state index contributed by atoms with van der Waals surface area (Å²) in [5, 5.41) is 0. The maximum Gasteiger partial charge on any atom is 0.245 e. The SMILES string of the molecule is C[C@H](C(=O)N1CCN(S(=O)(=O)c2ccccc2)CC1)N1CCCc2ccccc21. The molecular weight excluding hydrogens is 386 g/mol. The zero-order valence-electron chi connectivity index (χ0n) is 16.7. The zero-order chi connectivity index (χ0) is 20.4. The lowest BCUT2D eigenvalue weighted by atomic mass is 10.00. The highest BCUT2D eigenvalue weighted by Crippen LogP contribution is 2.29. The average molecular weight is 414 g/mol. The van der Waals surface area contributed by atoms with E-state index in [4.69, 9.17) is 0 Å². The number of amides is 1. The molecule has 7 heteroatoms. The molecule has 2 aliphatic rings. The third-order valence-corrected chi connectivity index (χ3v) is 7.82. The van der Waals surface area contributed by atoms with E-state index in [-0.39, 0.29) is 11.9 Å². The van der Waals surface area contributed by atoms with E-state index in [0.717, 1.165) is 25.1 Å². The number of carbonyl (C=O) groups excluding carboxylic acids is 1. The fraction of sp³-hybridized carbons (Fsp3) is 0.409. The van der Waals surface area contributed by atoms with Gasteiger partial charge in [-0.2, -0.15) is 4.31 Å². The molecule has 2 aromatic carbocycles.